The molecule has 4 heteroatoms. The van der Waals surface area contributed by atoms with Crippen molar-refractivity contribution in [3.8, 4) is 0 Å². The van der Waals surface area contributed by atoms with Gasteiger partial charge in [0, 0.05) is 37.8 Å². The molecule has 0 aliphatic heterocycles. The van der Waals surface area contributed by atoms with Gasteiger partial charge in [0.1, 0.15) is 0 Å². The van der Waals surface area contributed by atoms with Gasteiger partial charge in [-0.25, -0.2) is 0 Å². The largest absolute Gasteiger partial charge is 0.354 e. The molecular formula is C21H20N2OS. The fraction of sp³-hybridized carbons (Fsp3) is 0.190. The first kappa shape index (κ1) is 15.9. The maximum Gasteiger partial charge on any atom is 0.256 e. The summed E-state index contributed by atoms with van der Waals surface area (Å²) in [4.78, 5) is 17.2. The monoisotopic (exact) mass is 348 g/mol. The Morgan fingerprint density at radius 1 is 1.16 bits per heavy atom. The van der Waals surface area contributed by atoms with Crippen LogP contribution in [0.5, 0.6) is 0 Å². The highest BCUT2D eigenvalue weighted by Gasteiger charge is 2.13. The molecule has 0 saturated carbocycles. The number of fused-ring (bicyclic) bond motifs is 3. The molecular weight excluding hydrogens is 328 g/mol. The van der Waals surface area contributed by atoms with Crippen LogP contribution in [-0.2, 0) is 6.42 Å². The Morgan fingerprint density at radius 3 is 2.72 bits per heavy atom. The van der Waals surface area contributed by atoms with E-state index in [9.17, 15) is 4.79 Å². The third-order valence-corrected chi connectivity index (χ3v) is 5.90. The molecule has 0 bridgehead atoms. The van der Waals surface area contributed by atoms with Crippen molar-refractivity contribution < 1.29 is 4.79 Å². The van der Waals surface area contributed by atoms with Crippen LogP contribution in [-0.4, -0.2) is 10.9 Å². The van der Waals surface area contributed by atoms with Crippen molar-refractivity contribution in [2.24, 2.45) is 0 Å². The molecule has 0 aliphatic rings. The zero-order chi connectivity index (χ0) is 17.6. The lowest BCUT2D eigenvalue weighted by atomic mass is 10.1. The number of nitrogens with one attached hydrogen (secondary N) is 2. The summed E-state index contributed by atoms with van der Waals surface area (Å²) in [7, 11) is 0. The van der Waals surface area contributed by atoms with Crippen molar-refractivity contribution in [1.82, 2.24) is 4.98 Å². The van der Waals surface area contributed by atoms with Crippen LogP contribution in [0.25, 0.3) is 21.8 Å². The van der Waals surface area contributed by atoms with E-state index < -0.39 is 0 Å². The Balaban J connectivity index is 1.73. The van der Waals surface area contributed by atoms with Crippen LogP contribution in [0.15, 0.2) is 41.8 Å². The molecule has 2 heterocycles. The normalized spacial score (nSPS) is 11.3. The number of aryl methyl sites for hydroxylation is 2. The first-order valence-electron chi connectivity index (χ1n) is 8.48. The van der Waals surface area contributed by atoms with Crippen LogP contribution in [0, 0.1) is 13.8 Å². The average Bonchev–Trinajstić information content (AvgIpc) is 3.14. The number of hydrogen-bond acceptors (Lipinski definition) is 2. The molecule has 2 aromatic heterocycles. The van der Waals surface area contributed by atoms with E-state index in [1.807, 2.05) is 31.4 Å². The van der Waals surface area contributed by atoms with E-state index in [0.717, 1.165) is 28.8 Å². The topological polar surface area (TPSA) is 44.9 Å². The van der Waals surface area contributed by atoms with E-state index in [-0.39, 0.29) is 5.91 Å². The van der Waals surface area contributed by atoms with Gasteiger partial charge in [0.2, 0.25) is 0 Å². The molecule has 2 aromatic carbocycles. The van der Waals surface area contributed by atoms with Gasteiger partial charge < -0.3 is 10.3 Å². The van der Waals surface area contributed by atoms with Crippen molar-refractivity contribution >= 4 is 44.7 Å². The SMILES string of the molecule is CCc1cccc2c1[nH]c1cc(NC(=O)c3csc(C)c3C)ccc12. The number of thiophene rings is 1. The van der Waals surface area contributed by atoms with E-state index in [0.29, 0.717) is 0 Å². The summed E-state index contributed by atoms with van der Waals surface area (Å²) in [6.45, 7) is 6.20. The van der Waals surface area contributed by atoms with Crippen molar-refractivity contribution in [3.05, 3.63) is 63.3 Å². The van der Waals surface area contributed by atoms with Gasteiger partial charge in [-0.1, -0.05) is 31.2 Å². The van der Waals surface area contributed by atoms with Crippen molar-refractivity contribution in [3.63, 3.8) is 0 Å². The summed E-state index contributed by atoms with van der Waals surface area (Å²) in [6, 6.07) is 12.5. The molecule has 0 fully saturated rings. The second-order valence-electron chi connectivity index (χ2n) is 6.36. The van der Waals surface area contributed by atoms with Crippen molar-refractivity contribution in [2.75, 3.05) is 5.32 Å². The number of aromatic nitrogens is 1. The van der Waals surface area contributed by atoms with E-state index >= 15 is 0 Å². The molecule has 1 amide bonds. The van der Waals surface area contributed by atoms with Crippen LogP contribution in [0.4, 0.5) is 5.69 Å². The lowest BCUT2D eigenvalue weighted by Gasteiger charge is -2.05. The van der Waals surface area contributed by atoms with Gasteiger partial charge in [-0.05, 0) is 43.5 Å². The van der Waals surface area contributed by atoms with Crippen LogP contribution in [0.2, 0.25) is 0 Å². The third-order valence-electron chi connectivity index (χ3n) is 4.89. The van der Waals surface area contributed by atoms with Gasteiger partial charge in [0.15, 0.2) is 0 Å². The number of H-pyrrole nitrogens is 1. The first-order valence-corrected chi connectivity index (χ1v) is 9.35. The number of amides is 1. The highest BCUT2D eigenvalue weighted by molar-refractivity contribution is 7.10. The molecule has 4 aromatic rings. The lowest BCUT2D eigenvalue weighted by molar-refractivity contribution is 0.102. The molecule has 0 radical (unpaired) electrons. The van der Waals surface area contributed by atoms with Crippen LogP contribution < -0.4 is 5.32 Å². The van der Waals surface area contributed by atoms with Gasteiger partial charge in [0.05, 0.1) is 5.56 Å². The van der Waals surface area contributed by atoms with Gasteiger partial charge in [-0.15, -0.1) is 11.3 Å². The minimum absolute atomic E-state index is 0.0495. The van der Waals surface area contributed by atoms with Crippen molar-refractivity contribution in [2.45, 2.75) is 27.2 Å². The van der Waals surface area contributed by atoms with E-state index in [1.54, 1.807) is 11.3 Å². The molecule has 0 saturated heterocycles. The number of aromatic amines is 1. The van der Waals surface area contributed by atoms with E-state index in [2.05, 4.69) is 41.5 Å². The fourth-order valence-electron chi connectivity index (χ4n) is 3.30. The number of benzene rings is 2. The highest BCUT2D eigenvalue weighted by Crippen LogP contribution is 2.30. The predicted octanol–water partition coefficient (Wildman–Crippen LogP) is 5.81. The lowest BCUT2D eigenvalue weighted by Crippen LogP contribution is -2.12. The highest BCUT2D eigenvalue weighted by atomic mass is 32.1. The average molecular weight is 348 g/mol. The minimum Gasteiger partial charge on any atom is -0.354 e. The Kier molecular flexibility index (Phi) is 3.85. The smallest absolute Gasteiger partial charge is 0.256 e. The quantitative estimate of drug-likeness (QED) is 0.482. The van der Waals surface area contributed by atoms with Crippen LogP contribution in [0.1, 0.15) is 33.3 Å². The first-order chi connectivity index (χ1) is 12.1. The third kappa shape index (κ3) is 2.63. The van der Waals surface area contributed by atoms with Gasteiger partial charge in [0.25, 0.3) is 5.91 Å². The maximum absolute atomic E-state index is 12.5. The zero-order valence-electron chi connectivity index (χ0n) is 14.6. The second-order valence-corrected chi connectivity index (χ2v) is 7.45. The summed E-state index contributed by atoms with van der Waals surface area (Å²) in [5.41, 5.74) is 6.17. The second kappa shape index (κ2) is 6.05. The van der Waals surface area contributed by atoms with Crippen LogP contribution >= 0.6 is 11.3 Å². The molecule has 2 N–H and O–H groups in total. The molecule has 4 rings (SSSR count). The Labute approximate surface area is 150 Å². The number of anilines is 1. The number of carbonyl (C=O) groups is 1. The number of para-hydroxylation sites is 1. The summed E-state index contributed by atoms with van der Waals surface area (Å²) < 4.78 is 0. The molecule has 0 unspecified atom stereocenters. The van der Waals surface area contributed by atoms with Gasteiger partial charge >= 0.3 is 0 Å². The summed E-state index contributed by atoms with van der Waals surface area (Å²) >= 11 is 1.61. The summed E-state index contributed by atoms with van der Waals surface area (Å²) in [5, 5.41) is 7.37. The van der Waals surface area contributed by atoms with Gasteiger partial charge in [-0.3, -0.25) is 4.79 Å². The summed E-state index contributed by atoms with van der Waals surface area (Å²) in [6.07, 6.45) is 0.991. The molecule has 3 nitrogen and oxygen atoms in total. The molecule has 0 aliphatic carbocycles. The number of hydrogen-bond donors (Lipinski definition) is 2. The van der Waals surface area contributed by atoms with Gasteiger partial charge in [-0.2, -0.15) is 0 Å². The summed E-state index contributed by atoms with van der Waals surface area (Å²) in [5.74, 6) is -0.0495. The number of carbonyl (C=O) groups excluding carboxylic acids is 1. The zero-order valence-corrected chi connectivity index (χ0v) is 15.4. The fourth-order valence-corrected chi connectivity index (χ4v) is 4.16. The molecule has 0 spiro atoms. The minimum atomic E-state index is -0.0495. The van der Waals surface area contributed by atoms with Crippen molar-refractivity contribution in [1.29, 1.82) is 0 Å². The van der Waals surface area contributed by atoms with Crippen LogP contribution in [0.3, 0.4) is 0 Å². The Hall–Kier alpha value is -2.59. The molecule has 126 valence electrons. The van der Waals surface area contributed by atoms with E-state index in [4.69, 9.17) is 0 Å². The Morgan fingerprint density at radius 2 is 2.00 bits per heavy atom. The Bertz CT molecular complexity index is 1100. The number of rotatable bonds is 3. The van der Waals surface area contributed by atoms with E-state index in [1.165, 1.54) is 26.7 Å². The molecule has 25 heavy (non-hydrogen) atoms. The molecule has 0 atom stereocenters. The maximum atomic E-state index is 12.5. The standard InChI is InChI=1S/C21H20N2OS/c1-4-14-6-5-7-17-16-9-8-15(10-19(16)23-20(14)17)22-21(24)18-11-25-13(3)12(18)2/h5-11,23H,4H2,1-3H3,(H,22,24). The predicted molar refractivity (Wildman–Crippen MR) is 107 cm³/mol.